The monoisotopic (exact) mass is 615 g/mol. The number of aromatic carboxylic acids is 1. The number of nitrogens with zero attached hydrogens (tertiary/aromatic N) is 4. The number of esters is 1. The van der Waals surface area contributed by atoms with Gasteiger partial charge in [0.1, 0.15) is 5.82 Å². The number of H-pyrrole nitrogens is 2. The van der Waals surface area contributed by atoms with Crippen molar-refractivity contribution in [3.63, 3.8) is 0 Å². The fourth-order valence-electron chi connectivity index (χ4n) is 4.24. The van der Waals surface area contributed by atoms with E-state index in [1.807, 2.05) is 12.1 Å². The number of benzene rings is 2. The number of carbonyl (C=O) groups excluding carboxylic acids is 2. The van der Waals surface area contributed by atoms with Crippen molar-refractivity contribution in [1.29, 1.82) is 0 Å². The SMILES string of the molecule is CCOC(=O)[C@](C)(COC)C[C@@H](Cc1ccc(-c2cc(Cl)ccc2F)cc1)NC(=O)c1cn[nH]n1.O=C(O)c1cn[nH]n1. The molecule has 0 fully saturated rings. The van der Waals surface area contributed by atoms with Gasteiger partial charge in [-0.25, -0.2) is 9.18 Å². The van der Waals surface area contributed by atoms with Gasteiger partial charge < -0.3 is 19.9 Å². The van der Waals surface area contributed by atoms with E-state index in [1.165, 1.54) is 25.4 Å². The number of halogens is 2. The lowest BCUT2D eigenvalue weighted by Crippen LogP contribution is -2.45. The third-order valence-electron chi connectivity index (χ3n) is 6.22. The van der Waals surface area contributed by atoms with Gasteiger partial charge in [-0.2, -0.15) is 25.7 Å². The minimum Gasteiger partial charge on any atom is -0.476 e. The standard InChI is InChI=1S/C25H28ClFN4O4.C3H3N3O2/c1-4-35-24(33)25(2,15-34-3)13-19(29-23(32)22-14-28-31-30-22)11-16-5-7-17(8-6-16)20-12-18(26)9-10-21(20)27;7-3(8)2-1-4-6-5-2/h5-10,12,14,19H,4,11,13,15H2,1-3H3,(H,29,32)(H,28,30,31);1H,(H,7,8)(H,4,5,6)/t19-,25+;/m1./s1. The van der Waals surface area contributed by atoms with Crippen LogP contribution in [0, 0.1) is 11.2 Å². The number of nitrogens with one attached hydrogen (secondary N) is 3. The Labute approximate surface area is 251 Å². The Hall–Kier alpha value is -4.69. The Kier molecular flexibility index (Phi) is 11.8. The summed E-state index contributed by atoms with van der Waals surface area (Å²) >= 11 is 6.03. The summed E-state index contributed by atoms with van der Waals surface area (Å²) in [5.41, 5.74) is 1.03. The van der Waals surface area contributed by atoms with E-state index in [-0.39, 0.29) is 36.8 Å². The molecule has 0 unspecified atom stereocenters. The number of carbonyl (C=O) groups is 3. The molecular weight excluding hydrogens is 585 g/mol. The van der Waals surface area contributed by atoms with Crippen molar-refractivity contribution in [2.45, 2.75) is 32.7 Å². The van der Waals surface area contributed by atoms with Gasteiger partial charge in [0.15, 0.2) is 11.4 Å². The van der Waals surface area contributed by atoms with Crippen molar-refractivity contribution in [1.82, 2.24) is 36.1 Å². The van der Waals surface area contributed by atoms with Crippen LogP contribution in [0.1, 0.15) is 46.8 Å². The number of hydrogen-bond donors (Lipinski definition) is 4. The van der Waals surface area contributed by atoms with Gasteiger partial charge in [-0.3, -0.25) is 9.59 Å². The van der Waals surface area contributed by atoms with E-state index >= 15 is 0 Å². The Morgan fingerprint density at radius 3 is 2.26 bits per heavy atom. The number of aromatic nitrogens is 6. The zero-order valence-electron chi connectivity index (χ0n) is 23.6. The van der Waals surface area contributed by atoms with Crippen molar-refractivity contribution in [3.05, 3.63) is 82.6 Å². The van der Waals surface area contributed by atoms with Crippen LogP contribution in [0.2, 0.25) is 5.02 Å². The van der Waals surface area contributed by atoms with Crippen LogP contribution >= 0.6 is 11.6 Å². The molecule has 0 radical (unpaired) electrons. The lowest BCUT2D eigenvalue weighted by Gasteiger charge is -2.31. The zero-order valence-corrected chi connectivity index (χ0v) is 24.4. The molecule has 13 nitrogen and oxygen atoms in total. The molecule has 2 aromatic heterocycles. The second-order valence-electron chi connectivity index (χ2n) is 9.63. The number of hydrogen-bond acceptors (Lipinski definition) is 9. The van der Waals surface area contributed by atoms with Gasteiger partial charge in [0.2, 0.25) is 0 Å². The van der Waals surface area contributed by atoms with Crippen molar-refractivity contribution in [3.8, 4) is 11.1 Å². The topological polar surface area (TPSA) is 185 Å². The molecule has 2 heterocycles. The minimum absolute atomic E-state index is 0.0648. The Morgan fingerprint density at radius 1 is 1.07 bits per heavy atom. The van der Waals surface area contributed by atoms with Gasteiger partial charge >= 0.3 is 11.9 Å². The molecule has 0 aliphatic heterocycles. The van der Waals surface area contributed by atoms with Crippen LogP contribution in [0.4, 0.5) is 4.39 Å². The summed E-state index contributed by atoms with van der Waals surface area (Å²) in [6.45, 7) is 3.83. The number of carboxylic acids is 1. The van der Waals surface area contributed by atoms with Gasteiger partial charge in [-0.1, -0.05) is 35.9 Å². The second-order valence-corrected chi connectivity index (χ2v) is 10.1. The first-order chi connectivity index (χ1) is 20.6. The maximum absolute atomic E-state index is 14.3. The number of aromatic amines is 2. The lowest BCUT2D eigenvalue weighted by molar-refractivity contribution is -0.158. The van der Waals surface area contributed by atoms with Crippen molar-refractivity contribution in [2.75, 3.05) is 20.3 Å². The molecule has 4 N–H and O–H groups in total. The normalized spacial score (nSPS) is 12.8. The maximum atomic E-state index is 14.3. The molecule has 228 valence electrons. The number of carboxylic acid groups (broad SMARTS) is 1. The van der Waals surface area contributed by atoms with Gasteiger partial charge in [0, 0.05) is 23.7 Å². The van der Waals surface area contributed by atoms with Crippen LogP contribution in [0.3, 0.4) is 0 Å². The molecule has 0 aliphatic carbocycles. The first kappa shape index (κ1) is 32.8. The molecule has 43 heavy (non-hydrogen) atoms. The van der Waals surface area contributed by atoms with E-state index in [1.54, 1.807) is 32.0 Å². The smallest absolute Gasteiger partial charge is 0.358 e. The van der Waals surface area contributed by atoms with Crippen LogP contribution < -0.4 is 5.32 Å². The van der Waals surface area contributed by atoms with Gasteiger partial charge in [0.05, 0.1) is 31.0 Å². The predicted octanol–water partition coefficient (Wildman–Crippen LogP) is 3.71. The summed E-state index contributed by atoms with van der Waals surface area (Å²) in [6.07, 6.45) is 3.12. The molecule has 4 rings (SSSR count). The molecule has 0 bridgehead atoms. The number of rotatable bonds is 12. The molecule has 2 aromatic carbocycles. The van der Waals surface area contributed by atoms with Gasteiger partial charge in [-0.05, 0) is 56.0 Å². The van der Waals surface area contributed by atoms with E-state index in [4.69, 9.17) is 26.2 Å². The Morgan fingerprint density at radius 2 is 1.72 bits per heavy atom. The molecule has 0 aliphatic rings. The van der Waals surface area contributed by atoms with Crippen LogP contribution in [-0.2, 0) is 20.7 Å². The average Bonchev–Trinajstić information content (AvgIpc) is 3.71. The number of ether oxygens (including phenoxy) is 2. The molecule has 2 atom stereocenters. The fraction of sp³-hybridized carbons (Fsp3) is 0.321. The minimum atomic E-state index is -1.07. The van der Waals surface area contributed by atoms with Crippen molar-refractivity contribution < 1.29 is 33.4 Å². The first-order valence-electron chi connectivity index (χ1n) is 13.0. The predicted molar refractivity (Wildman–Crippen MR) is 153 cm³/mol. The van der Waals surface area contributed by atoms with Crippen LogP contribution in [-0.4, -0.2) is 80.1 Å². The van der Waals surface area contributed by atoms with Gasteiger partial charge in [0.25, 0.3) is 5.91 Å². The highest BCUT2D eigenvalue weighted by Crippen LogP contribution is 2.29. The molecule has 1 amide bonds. The third kappa shape index (κ3) is 9.41. The zero-order chi connectivity index (χ0) is 31.4. The average molecular weight is 616 g/mol. The van der Waals surface area contributed by atoms with Crippen molar-refractivity contribution >= 4 is 29.4 Å². The summed E-state index contributed by atoms with van der Waals surface area (Å²) in [6, 6.07) is 11.2. The molecular formula is C28H31ClFN7O6. The largest absolute Gasteiger partial charge is 0.476 e. The fourth-order valence-corrected chi connectivity index (χ4v) is 4.41. The number of methoxy groups -OCH3 is 1. The first-order valence-corrected chi connectivity index (χ1v) is 13.4. The number of amides is 1. The second kappa shape index (κ2) is 15.5. The quantitative estimate of drug-likeness (QED) is 0.171. The van der Waals surface area contributed by atoms with E-state index in [9.17, 15) is 18.8 Å². The van der Waals surface area contributed by atoms with E-state index in [2.05, 4.69) is 36.1 Å². The Bertz CT molecular complexity index is 1490. The Balaban J connectivity index is 0.000000546. The molecule has 15 heteroatoms. The third-order valence-corrected chi connectivity index (χ3v) is 6.46. The molecule has 0 spiro atoms. The molecule has 0 saturated heterocycles. The van der Waals surface area contributed by atoms with Crippen LogP contribution in [0.5, 0.6) is 0 Å². The summed E-state index contributed by atoms with van der Waals surface area (Å²) in [5, 5.41) is 30.2. The van der Waals surface area contributed by atoms with Gasteiger partial charge in [-0.15, -0.1) is 5.10 Å². The highest BCUT2D eigenvalue weighted by atomic mass is 35.5. The summed E-state index contributed by atoms with van der Waals surface area (Å²) < 4.78 is 24.8. The highest BCUT2D eigenvalue weighted by molar-refractivity contribution is 6.30. The summed E-state index contributed by atoms with van der Waals surface area (Å²) in [7, 11) is 1.51. The maximum Gasteiger partial charge on any atom is 0.358 e. The molecule has 4 aromatic rings. The molecule has 0 saturated carbocycles. The lowest BCUT2D eigenvalue weighted by atomic mass is 9.82. The summed E-state index contributed by atoms with van der Waals surface area (Å²) in [5.74, 6) is -2.28. The van der Waals surface area contributed by atoms with Crippen LogP contribution in [0.15, 0.2) is 54.9 Å². The van der Waals surface area contributed by atoms with Crippen molar-refractivity contribution in [2.24, 2.45) is 5.41 Å². The highest BCUT2D eigenvalue weighted by Gasteiger charge is 2.38. The summed E-state index contributed by atoms with van der Waals surface area (Å²) in [4.78, 5) is 35.4. The van der Waals surface area contributed by atoms with E-state index < -0.39 is 29.3 Å². The van der Waals surface area contributed by atoms with E-state index in [0.717, 1.165) is 11.8 Å². The van der Waals surface area contributed by atoms with E-state index in [0.29, 0.717) is 22.6 Å². The van der Waals surface area contributed by atoms with Crippen LogP contribution in [0.25, 0.3) is 11.1 Å².